The molecule has 166 valence electrons. The van der Waals surface area contributed by atoms with E-state index in [-0.39, 0.29) is 24.9 Å². The molecule has 0 aliphatic rings. The number of nitrogens with one attached hydrogen (secondary N) is 3. The highest BCUT2D eigenvalue weighted by molar-refractivity contribution is 5.93. The van der Waals surface area contributed by atoms with E-state index in [4.69, 9.17) is 4.74 Å². The second-order valence-corrected chi connectivity index (χ2v) is 7.96. The van der Waals surface area contributed by atoms with Crippen molar-refractivity contribution >= 4 is 23.2 Å². The van der Waals surface area contributed by atoms with Crippen molar-refractivity contribution < 1.29 is 19.2 Å². The Labute approximate surface area is 189 Å². The van der Waals surface area contributed by atoms with Gasteiger partial charge in [-0.15, -0.1) is 0 Å². The monoisotopic (exact) mass is 432 g/mol. The summed E-state index contributed by atoms with van der Waals surface area (Å²) in [5.74, 6) is 0.491. The number of methoxy groups -OCH3 is 1. The van der Waals surface area contributed by atoms with E-state index in [9.17, 15) is 9.59 Å². The van der Waals surface area contributed by atoms with Gasteiger partial charge in [0.1, 0.15) is 12.3 Å². The van der Waals surface area contributed by atoms with Crippen LogP contribution in [-0.2, 0) is 16.1 Å². The van der Waals surface area contributed by atoms with E-state index in [0.29, 0.717) is 6.54 Å². The van der Waals surface area contributed by atoms with Gasteiger partial charge in [-0.05, 0) is 62.4 Å². The highest BCUT2D eigenvalue weighted by Gasteiger charge is 2.19. The summed E-state index contributed by atoms with van der Waals surface area (Å²) < 4.78 is 5.22. The number of benzene rings is 3. The molecule has 0 saturated heterocycles. The van der Waals surface area contributed by atoms with Crippen molar-refractivity contribution in [1.29, 1.82) is 0 Å². The van der Waals surface area contributed by atoms with E-state index in [0.717, 1.165) is 38.7 Å². The molecule has 32 heavy (non-hydrogen) atoms. The lowest BCUT2D eigenvalue weighted by Crippen LogP contribution is -3.12. The van der Waals surface area contributed by atoms with Crippen LogP contribution in [0.2, 0.25) is 0 Å². The normalized spacial score (nSPS) is 10.6. The molecule has 6 nitrogen and oxygen atoms in total. The number of quaternary nitrogens is 1. The number of aryl methyl sites for hydroxylation is 2. The smallest absolute Gasteiger partial charge is 0.279 e. The summed E-state index contributed by atoms with van der Waals surface area (Å²) in [6.07, 6.45) is 0. The molecule has 0 heterocycles. The molecule has 0 fully saturated rings. The van der Waals surface area contributed by atoms with Crippen LogP contribution in [0.5, 0.6) is 5.75 Å². The summed E-state index contributed by atoms with van der Waals surface area (Å²) >= 11 is 0. The van der Waals surface area contributed by atoms with E-state index >= 15 is 0 Å². The Balaban J connectivity index is 1.67. The molecule has 0 unspecified atom stereocenters. The minimum atomic E-state index is -0.138. The first-order valence-corrected chi connectivity index (χ1v) is 10.6. The Morgan fingerprint density at radius 1 is 0.719 bits per heavy atom. The molecule has 0 atom stereocenters. The Morgan fingerprint density at radius 2 is 1.16 bits per heavy atom. The maximum atomic E-state index is 12.7. The zero-order valence-corrected chi connectivity index (χ0v) is 18.8. The molecule has 0 aliphatic carbocycles. The summed E-state index contributed by atoms with van der Waals surface area (Å²) in [6, 6.07) is 23.0. The second-order valence-electron chi connectivity index (χ2n) is 7.96. The molecular formula is C26H30N3O3+. The van der Waals surface area contributed by atoms with Gasteiger partial charge in [0.25, 0.3) is 11.8 Å². The average molecular weight is 433 g/mol. The van der Waals surface area contributed by atoms with Crippen LogP contribution in [0.1, 0.15) is 16.7 Å². The van der Waals surface area contributed by atoms with Gasteiger partial charge in [-0.1, -0.05) is 35.4 Å². The van der Waals surface area contributed by atoms with E-state index in [2.05, 4.69) is 10.6 Å². The molecule has 3 aromatic carbocycles. The lowest BCUT2D eigenvalue weighted by molar-refractivity contribution is -0.897. The highest BCUT2D eigenvalue weighted by atomic mass is 16.5. The van der Waals surface area contributed by atoms with Crippen molar-refractivity contribution in [1.82, 2.24) is 0 Å². The number of amides is 2. The van der Waals surface area contributed by atoms with Crippen LogP contribution in [0.15, 0.2) is 72.8 Å². The second kappa shape index (κ2) is 11.1. The fraction of sp³-hybridized carbons (Fsp3) is 0.231. The van der Waals surface area contributed by atoms with Gasteiger partial charge < -0.3 is 20.3 Å². The minimum Gasteiger partial charge on any atom is -0.497 e. The van der Waals surface area contributed by atoms with E-state index in [1.54, 1.807) is 7.11 Å². The SMILES string of the molecule is COc1ccc(C[NH+](CC(=O)Nc2ccc(C)cc2)CC(=O)Nc2ccc(C)cc2)cc1. The van der Waals surface area contributed by atoms with Crippen LogP contribution in [-0.4, -0.2) is 32.0 Å². The van der Waals surface area contributed by atoms with Gasteiger partial charge in [0.15, 0.2) is 13.1 Å². The Morgan fingerprint density at radius 3 is 1.56 bits per heavy atom. The van der Waals surface area contributed by atoms with Crippen LogP contribution in [0.25, 0.3) is 0 Å². The minimum absolute atomic E-state index is 0.138. The molecule has 0 saturated carbocycles. The Bertz CT molecular complexity index is 968. The third-order valence-electron chi connectivity index (χ3n) is 5.10. The number of ether oxygens (including phenoxy) is 1. The number of carbonyl (C=O) groups excluding carboxylic acids is 2. The summed E-state index contributed by atoms with van der Waals surface area (Å²) in [5, 5.41) is 5.84. The van der Waals surface area contributed by atoms with Gasteiger partial charge in [0.2, 0.25) is 0 Å². The van der Waals surface area contributed by atoms with Crippen molar-refractivity contribution in [3.05, 3.63) is 89.5 Å². The molecular weight excluding hydrogens is 402 g/mol. The molecule has 3 N–H and O–H groups in total. The van der Waals surface area contributed by atoms with Crippen molar-refractivity contribution in [3.63, 3.8) is 0 Å². The molecule has 0 bridgehead atoms. The first-order chi connectivity index (χ1) is 15.4. The molecule has 3 aromatic rings. The van der Waals surface area contributed by atoms with E-state index in [1.165, 1.54) is 0 Å². The lowest BCUT2D eigenvalue weighted by atomic mass is 10.2. The van der Waals surface area contributed by atoms with Crippen LogP contribution in [0, 0.1) is 13.8 Å². The quantitative estimate of drug-likeness (QED) is 0.487. The lowest BCUT2D eigenvalue weighted by Gasteiger charge is -2.19. The molecule has 0 spiro atoms. The van der Waals surface area contributed by atoms with Crippen molar-refractivity contribution in [2.45, 2.75) is 20.4 Å². The first kappa shape index (κ1) is 23.0. The predicted molar refractivity (Wildman–Crippen MR) is 127 cm³/mol. The van der Waals surface area contributed by atoms with Crippen LogP contribution in [0.4, 0.5) is 11.4 Å². The predicted octanol–water partition coefficient (Wildman–Crippen LogP) is 2.97. The number of carbonyl (C=O) groups is 2. The Hall–Kier alpha value is -3.64. The Kier molecular flexibility index (Phi) is 8.00. The fourth-order valence-corrected chi connectivity index (χ4v) is 3.36. The third kappa shape index (κ3) is 7.25. The largest absolute Gasteiger partial charge is 0.497 e. The number of hydrogen-bond acceptors (Lipinski definition) is 3. The van der Waals surface area contributed by atoms with Crippen molar-refractivity contribution in [2.75, 3.05) is 30.8 Å². The maximum Gasteiger partial charge on any atom is 0.279 e. The highest BCUT2D eigenvalue weighted by Crippen LogP contribution is 2.11. The maximum absolute atomic E-state index is 12.7. The molecule has 3 rings (SSSR count). The van der Waals surface area contributed by atoms with Crippen LogP contribution < -0.4 is 20.3 Å². The number of hydrogen-bond donors (Lipinski definition) is 3. The number of anilines is 2. The fourth-order valence-electron chi connectivity index (χ4n) is 3.36. The summed E-state index contributed by atoms with van der Waals surface area (Å²) in [5.41, 5.74) is 4.76. The van der Waals surface area contributed by atoms with Gasteiger partial charge in [-0.3, -0.25) is 9.59 Å². The van der Waals surface area contributed by atoms with Crippen LogP contribution >= 0.6 is 0 Å². The van der Waals surface area contributed by atoms with Gasteiger partial charge in [-0.25, -0.2) is 0 Å². The summed E-state index contributed by atoms with van der Waals surface area (Å²) in [7, 11) is 1.62. The van der Waals surface area contributed by atoms with Gasteiger partial charge in [0, 0.05) is 16.9 Å². The molecule has 6 heteroatoms. The average Bonchev–Trinajstić information content (AvgIpc) is 2.77. The van der Waals surface area contributed by atoms with Crippen molar-refractivity contribution in [2.24, 2.45) is 0 Å². The topological polar surface area (TPSA) is 71.9 Å². The van der Waals surface area contributed by atoms with Crippen molar-refractivity contribution in [3.8, 4) is 5.75 Å². The standard InChI is InChI=1S/C26H29N3O3/c1-19-4-10-22(11-5-19)27-25(30)17-29(16-21-8-14-24(32-3)15-9-21)18-26(31)28-23-12-6-20(2)7-13-23/h4-15H,16-18H2,1-3H3,(H,27,30)(H,28,31)/p+1. The molecule has 0 radical (unpaired) electrons. The van der Waals surface area contributed by atoms with E-state index in [1.807, 2.05) is 86.6 Å². The molecule has 0 aromatic heterocycles. The van der Waals surface area contributed by atoms with Gasteiger partial charge >= 0.3 is 0 Å². The van der Waals surface area contributed by atoms with Gasteiger partial charge in [-0.2, -0.15) is 0 Å². The first-order valence-electron chi connectivity index (χ1n) is 10.6. The zero-order chi connectivity index (χ0) is 22.9. The molecule has 0 aliphatic heterocycles. The third-order valence-corrected chi connectivity index (χ3v) is 5.10. The zero-order valence-electron chi connectivity index (χ0n) is 18.8. The summed E-state index contributed by atoms with van der Waals surface area (Å²) in [6.45, 7) is 4.87. The van der Waals surface area contributed by atoms with Crippen LogP contribution in [0.3, 0.4) is 0 Å². The summed E-state index contributed by atoms with van der Waals surface area (Å²) in [4.78, 5) is 26.2. The van der Waals surface area contributed by atoms with E-state index < -0.39 is 0 Å². The number of rotatable bonds is 9. The van der Waals surface area contributed by atoms with Gasteiger partial charge in [0.05, 0.1) is 7.11 Å². The molecule has 2 amide bonds.